The van der Waals surface area contributed by atoms with E-state index >= 15 is 0 Å². The van der Waals surface area contributed by atoms with E-state index in [-0.39, 0.29) is 55.1 Å². The number of ether oxygens (including phenoxy) is 3. The lowest BCUT2D eigenvalue weighted by Gasteiger charge is -2.43. The van der Waals surface area contributed by atoms with Crippen LogP contribution in [0.25, 0.3) is 32.3 Å². The molecule has 1 unspecified atom stereocenters. The second-order valence-corrected chi connectivity index (χ2v) is 38.1. The van der Waals surface area contributed by atoms with Crippen LogP contribution in [0.5, 0.6) is 17.6 Å². The Kier molecular flexibility index (Phi) is 29.6. The van der Waals surface area contributed by atoms with Crippen molar-refractivity contribution in [3.05, 3.63) is 214 Å². The molecule has 1 aliphatic carbocycles. The second kappa shape index (κ2) is 42.8. The van der Waals surface area contributed by atoms with Crippen molar-refractivity contribution in [1.82, 2.24) is 44.8 Å². The van der Waals surface area contributed by atoms with Gasteiger partial charge in [-0.1, -0.05) is 130 Å². The molecule has 10 aliphatic rings. The van der Waals surface area contributed by atoms with Crippen LogP contribution >= 0.6 is 0 Å². The Balaban J connectivity index is 0.000000142. The van der Waals surface area contributed by atoms with Crippen LogP contribution in [0, 0.1) is 107 Å². The zero-order valence-corrected chi connectivity index (χ0v) is 79.1. The van der Waals surface area contributed by atoms with Crippen molar-refractivity contribution < 1.29 is 28.6 Å². The van der Waals surface area contributed by atoms with Crippen LogP contribution in [0.4, 0.5) is 34.1 Å². The van der Waals surface area contributed by atoms with Crippen LogP contribution in [-0.2, 0) is 53.3 Å². The number of hydrogen-bond acceptors (Lipinski definition) is 24. The van der Waals surface area contributed by atoms with E-state index in [1.807, 2.05) is 0 Å². The largest absolute Gasteiger partial charge is 0.476 e. The molecular formula is C109H123N21O6. The molecule has 3 aromatic heterocycles. The molecule has 3 amide bonds. The van der Waals surface area contributed by atoms with Crippen molar-refractivity contribution in [1.29, 1.82) is 31.6 Å². The minimum absolute atomic E-state index is 0.166. The number of aryl methyl sites for hydroxylation is 3. The Labute approximate surface area is 799 Å². The number of carbonyl (C=O) groups excluding carboxylic acids is 3. The summed E-state index contributed by atoms with van der Waals surface area (Å²) >= 11 is 0. The summed E-state index contributed by atoms with van der Waals surface area (Å²) in [7, 11) is 2.12. The van der Waals surface area contributed by atoms with Gasteiger partial charge < -0.3 is 68.5 Å². The number of piperazine rings is 3. The first-order chi connectivity index (χ1) is 66.4. The quantitative estimate of drug-likeness (QED) is 0.0616. The van der Waals surface area contributed by atoms with E-state index in [0.717, 1.165) is 148 Å². The number of fused-ring (bicyclic) bond motifs is 6. The fourth-order valence-corrected chi connectivity index (χ4v) is 22.8. The summed E-state index contributed by atoms with van der Waals surface area (Å²) < 4.78 is 19.3. The molecule has 6 aromatic carbocycles. The number of likely N-dealkylation sites (tertiary alicyclic amines) is 2. The van der Waals surface area contributed by atoms with Gasteiger partial charge in [0.1, 0.15) is 34.9 Å². The van der Waals surface area contributed by atoms with Gasteiger partial charge in [-0.05, 0) is 168 Å². The van der Waals surface area contributed by atoms with Gasteiger partial charge in [0.25, 0.3) is 0 Å². The molecule has 19 rings (SSSR count). The number of benzene rings is 6. The lowest BCUT2D eigenvalue weighted by Crippen LogP contribution is -2.55. The molecule has 1 saturated carbocycles. The van der Waals surface area contributed by atoms with Gasteiger partial charge in [-0.25, -0.2) is 15.0 Å². The van der Waals surface area contributed by atoms with Crippen molar-refractivity contribution in [3.8, 4) is 54.1 Å². The monoisotopic (exact) mass is 1820 g/mol. The molecular weight excluding hydrogens is 1700 g/mol. The van der Waals surface area contributed by atoms with Crippen molar-refractivity contribution in [3.63, 3.8) is 0 Å². The van der Waals surface area contributed by atoms with Gasteiger partial charge in [0, 0.05) is 172 Å². The molecule has 7 fully saturated rings. The number of pyridine rings is 3. The third-order valence-corrected chi connectivity index (χ3v) is 29.7. The molecule has 6 saturated heterocycles. The van der Waals surface area contributed by atoms with Crippen LogP contribution in [0.3, 0.4) is 0 Å². The number of carbonyl (C=O) groups is 3. The zero-order chi connectivity index (χ0) is 94.6. The molecule has 12 heterocycles. The Bertz CT molecular complexity index is 6280. The molecule has 0 radical (unpaired) electrons. The average molecular weight is 1820 g/mol. The van der Waals surface area contributed by atoms with Gasteiger partial charge in [0.05, 0.1) is 129 Å². The highest BCUT2D eigenvalue weighted by atomic mass is 16.5. The molecule has 27 nitrogen and oxygen atoms in total. The maximum absolute atomic E-state index is 12.7. The number of amides is 3. The SMILES string of the molecule is C=CC(=O)N1CCN(c2c(C#N)c(OCC3CCN(C4CCCCC4)C3)nc3c2CCN(c2cccc4cccc(C)c24)C3)C[C@@H]1CC#N.C=CC(=O)N1CCN(c2c(C#N)c(OC[C@@H]3CCNC3)nc3c2CCN(c2cccc4cccc(C)c24)C3)C[C@@H]1CC#N.C=CC(=O)N1CCN(c2c(C#N)c(OC[C@H]3CCN(C)C3)nc3c2CCN(c2cccc4cccc(C)c24)C3)C[C@@H]1CC#N. The highest BCUT2D eigenvalue weighted by Gasteiger charge is 2.42. The maximum Gasteiger partial charge on any atom is 0.246 e. The maximum atomic E-state index is 12.7. The first-order valence-electron chi connectivity index (χ1n) is 48.7. The number of aromatic nitrogens is 3. The lowest BCUT2D eigenvalue weighted by molar-refractivity contribution is -0.129. The lowest BCUT2D eigenvalue weighted by atomic mass is 9.94. The minimum atomic E-state index is -0.299. The molecule has 9 aliphatic heterocycles. The summed E-state index contributed by atoms with van der Waals surface area (Å²) in [4.78, 5) is 77.0. The van der Waals surface area contributed by atoms with Crippen molar-refractivity contribution in [2.24, 2.45) is 17.8 Å². The van der Waals surface area contributed by atoms with Gasteiger partial charge >= 0.3 is 0 Å². The smallest absolute Gasteiger partial charge is 0.246 e. The molecule has 700 valence electrons. The summed E-state index contributed by atoms with van der Waals surface area (Å²) in [5.74, 6) is 1.81. The summed E-state index contributed by atoms with van der Waals surface area (Å²) in [6, 6.07) is 52.5. The van der Waals surface area contributed by atoms with Crippen molar-refractivity contribution in [2.45, 2.75) is 154 Å². The van der Waals surface area contributed by atoms with E-state index in [1.54, 1.807) is 14.7 Å². The summed E-state index contributed by atoms with van der Waals surface area (Å²) in [5, 5.41) is 71.3. The Morgan fingerprint density at radius 1 is 0.412 bits per heavy atom. The van der Waals surface area contributed by atoms with E-state index < -0.39 is 0 Å². The van der Waals surface area contributed by atoms with E-state index in [0.29, 0.717) is 156 Å². The second-order valence-electron chi connectivity index (χ2n) is 38.1. The Morgan fingerprint density at radius 3 is 1.10 bits per heavy atom. The highest BCUT2D eigenvalue weighted by molar-refractivity contribution is 6.00. The number of nitriles is 6. The molecule has 1 N–H and O–H groups in total. The predicted octanol–water partition coefficient (Wildman–Crippen LogP) is 14.6. The molecule has 0 spiro atoms. The van der Waals surface area contributed by atoms with E-state index in [4.69, 9.17) is 29.2 Å². The van der Waals surface area contributed by atoms with Crippen LogP contribution < -0.4 is 48.9 Å². The minimum Gasteiger partial charge on any atom is -0.476 e. The predicted molar refractivity (Wildman–Crippen MR) is 531 cm³/mol. The molecule has 136 heavy (non-hydrogen) atoms. The molecule has 0 bridgehead atoms. The van der Waals surface area contributed by atoms with Crippen molar-refractivity contribution >= 4 is 84.2 Å². The summed E-state index contributed by atoms with van der Waals surface area (Å²) in [6.45, 7) is 33.5. The van der Waals surface area contributed by atoms with Crippen LogP contribution in [0.2, 0.25) is 0 Å². The summed E-state index contributed by atoms with van der Waals surface area (Å²) in [6.07, 6.45) is 16.5. The average Bonchev–Trinajstić information content (AvgIpc) is 1.16. The molecule has 27 heteroatoms. The van der Waals surface area contributed by atoms with Crippen LogP contribution in [0.15, 0.2) is 147 Å². The number of nitrogens with one attached hydrogen (secondary N) is 1. The van der Waals surface area contributed by atoms with Gasteiger partial charge in [-0.3, -0.25) is 19.3 Å². The highest BCUT2D eigenvalue weighted by Crippen LogP contribution is 2.46. The fourth-order valence-electron chi connectivity index (χ4n) is 22.8. The fraction of sp³-hybridized carbons (Fsp3) is 0.450. The summed E-state index contributed by atoms with van der Waals surface area (Å²) in [5.41, 5.74) is 17.1. The third-order valence-electron chi connectivity index (χ3n) is 29.7. The Morgan fingerprint density at radius 2 is 0.765 bits per heavy atom. The zero-order valence-electron chi connectivity index (χ0n) is 79.1. The van der Waals surface area contributed by atoms with Crippen LogP contribution in [-0.4, -0.2) is 226 Å². The van der Waals surface area contributed by atoms with Gasteiger partial charge in [-0.15, -0.1) is 0 Å². The first-order valence-corrected chi connectivity index (χ1v) is 48.7. The normalized spacial score (nSPS) is 20.6. The number of rotatable bonds is 22. The Hall–Kier alpha value is -13.8. The standard InChI is InChI=1S/C40H47N7O2.C35H39N7O2.C34H37N7O2/c1-3-37(48)47-22-21-46(25-32(47)15-18-41)39-33-17-20-45(36-14-8-11-30-10-7-9-28(2)38(30)36)26-35(33)43-40(34(39)23-42)49-27-29-16-19-44(24-29)31-12-5-4-6-13-31;1-4-32(43)42-18-17-41(21-27(42)11-14-36)34-28-13-16-40(31-10-6-9-26-8-5-7-24(2)33(26)31)22-30(28)38-35(29(34)19-37)44-23-25-12-15-39(3)20-25;1-3-31(42)41-17-16-40(20-26(41)10-13-35)33-27-12-15-39(30-9-5-8-25-7-4-6-23(2)32(25)30)21-29(27)38-34(28(33)18-36)43-22-24-11-14-37-19-24/h3,7-11,14,29,31-32H,1,4-6,12-13,15-17,19-22,24-27H2,2H3;4-10,25,27H,1,11-13,15-18,20-23H2,2-3H3;3-9,24,26,37H,1,10-12,14-17,19-22H2,2H3/t29?,32-;25-,27-;24-,26+/m001/s1. The number of nitrogens with zero attached hydrogens (tertiary/aromatic N) is 20. The van der Waals surface area contributed by atoms with E-state index in [9.17, 15) is 46.0 Å². The number of anilines is 6. The molecule has 9 aromatic rings. The molecule has 6 atom stereocenters. The van der Waals surface area contributed by atoms with Crippen molar-refractivity contribution in [2.75, 3.05) is 174 Å². The topological polar surface area (TPSA) is 308 Å². The van der Waals surface area contributed by atoms with E-state index in [2.05, 4.69) is 238 Å². The van der Waals surface area contributed by atoms with Crippen LogP contribution in [0.1, 0.15) is 138 Å². The van der Waals surface area contributed by atoms with Gasteiger partial charge in [0.2, 0.25) is 35.4 Å². The number of hydrogen-bond donors (Lipinski definition) is 1. The first kappa shape index (κ1) is 94.0. The third kappa shape index (κ3) is 19.9. The van der Waals surface area contributed by atoms with Gasteiger partial charge in [-0.2, -0.15) is 31.6 Å². The van der Waals surface area contributed by atoms with Gasteiger partial charge in [0.15, 0.2) is 0 Å². The van der Waals surface area contributed by atoms with E-state index in [1.165, 1.54) is 116 Å².